The highest BCUT2D eigenvalue weighted by molar-refractivity contribution is 7.86. The summed E-state index contributed by atoms with van der Waals surface area (Å²) in [5.41, 5.74) is 0.494. The predicted octanol–water partition coefficient (Wildman–Crippen LogP) is 1.75. The second kappa shape index (κ2) is 9.52. The van der Waals surface area contributed by atoms with E-state index < -0.39 is 16.2 Å². The zero-order valence-electron chi connectivity index (χ0n) is 14.9. The minimum absolute atomic E-state index is 0.135. The number of urea groups is 1. The van der Waals surface area contributed by atoms with Gasteiger partial charge in [0.05, 0.1) is 10.7 Å². The number of carbonyl (C=O) groups excluding carboxylic acids is 1. The Bertz CT molecular complexity index is 708. The van der Waals surface area contributed by atoms with Crippen LogP contribution < -0.4 is 10.6 Å². The minimum atomic E-state index is -3.58. The number of ether oxygens (including phenoxy) is 1. The fourth-order valence-electron chi connectivity index (χ4n) is 2.68. The summed E-state index contributed by atoms with van der Waals surface area (Å²) < 4.78 is 33.2. The molecule has 26 heavy (non-hydrogen) atoms. The SMILES string of the molecule is CN(C)S(=O)(=O)N(CCNC(=O)Nc1ccccc1Cl)C1CCOCC1. The van der Waals surface area contributed by atoms with Gasteiger partial charge in [0.2, 0.25) is 0 Å². The number of nitrogens with one attached hydrogen (secondary N) is 2. The Morgan fingerprint density at radius 1 is 1.27 bits per heavy atom. The Labute approximate surface area is 159 Å². The molecule has 0 unspecified atom stereocenters. The van der Waals surface area contributed by atoms with E-state index in [1.807, 2.05) is 0 Å². The molecule has 0 aromatic heterocycles. The summed E-state index contributed by atoms with van der Waals surface area (Å²) in [6.07, 6.45) is 1.28. The van der Waals surface area contributed by atoms with Gasteiger partial charge < -0.3 is 15.4 Å². The Hall–Kier alpha value is -1.39. The molecule has 0 spiro atoms. The molecule has 8 nitrogen and oxygen atoms in total. The standard InChI is InChI=1S/C16H25ClN4O4S/c1-20(2)26(23,24)21(13-7-11-25-12-8-13)10-9-18-16(22)19-15-6-4-3-5-14(15)17/h3-6,13H,7-12H2,1-2H3,(H2,18,19,22). The highest BCUT2D eigenvalue weighted by Gasteiger charge is 2.32. The number of anilines is 1. The molecule has 0 bridgehead atoms. The lowest BCUT2D eigenvalue weighted by Crippen LogP contribution is -2.50. The van der Waals surface area contributed by atoms with Gasteiger partial charge in [0, 0.05) is 46.4 Å². The molecule has 0 atom stereocenters. The van der Waals surface area contributed by atoms with E-state index in [2.05, 4.69) is 10.6 Å². The first-order valence-corrected chi connectivity index (χ1v) is 10.2. The van der Waals surface area contributed by atoms with Crippen LogP contribution >= 0.6 is 11.6 Å². The summed E-state index contributed by atoms with van der Waals surface area (Å²) in [7, 11) is -0.585. The summed E-state index contributed by atoms with van der Waals surface area (Å²) in [5, 5.41) is 5.75. The van der Waals surface area contributed by atoms with Crippen molar-refractivity contribution in [2.75, 3.05) is 45.7 Å². The summed E-state index contributed by atoms with van der Waals surface area (Å²) in [6, 6.07) is 6.32. The maximum atomic E-state index is 12.6. The van der Waals surface area contributed by atoms with Gasteiger partial charge >= 0.3 is 6.03 Å². The molecule has 1 fully saturated rings. The highest BCUT2D eigenvalue weighted by atomic mass is 35.5. The molecule has 1 aromatic carbocycles. The molecule has 1 aliphatic heterocycles. The molecular formula is C16H25ClN4O4S. The molecule has 0 radical (unpaired) electrons. The van der Waals surface area contributed by atoms with Crippen molar-refractivity contribution in [3.63, 3.8) is 0 Å². The van der Waals surface area contributed by atoms with E-state index in [0.717, 1.165) is 0 Å². The molecule has 0 saturated carbocycles. The Kier molecular flexibility index (Phi) is 7.66. The molecule has 2 N–H and O–H groups in total. The first kappa shape index (κ1) is 20.9. The monoisotopic (exact) mass is 404 g/mol. The summed E-state index contributed by atoms with van der Waals surface area (Å²) in [5.74, 6) is 0. The van der Waals surface area contributed by atoms with Gasteiger partial charge in [-0.3, -0.25) is 0 Å². The van der Waals surface area contributed by atoms with Gasteiger partial charge in [0.1, 0.15) is 0 Å². The first-order valence-electron chi connectivity index (χ1n) is 8.39. The average molecular weight is 405 g/mol. The fourth-order valence-corrected chi connectivity index (χ4v) is 4.19. The van der Waals surface area contributed by atoms with Crippen molar-refractivity contribution in [1.29, 1.82) is 0 Å². The molecule has 0 aliphatic carbocycles. The van der Waals surface area contributed by atoms with Crippen LogP contribution in [0.1, 0.15) is 12.8 Å². The Morgan fingerprint density at radius 2 is 1.92 bits per heavy atom. The van der Waals surface area contributed by atoms with Crippen molar-refractivity contribution < 1.29 is 17.9 Å². The zero-order chi connectivity index (χ0) is 19.2. The second-order valence-corrected chi connectivity index (χ2v) is 8.61. The van der Waals surface area contributed by atoms with Crippen LogP contribution in [-0.2, 0) is 14.9 Å². The number of hydrogen-bond acceptors (Lipinski definition) is 4. The minimum Gasteiger partial charge on any atom is -0.381 e. The van der Waals surface area contributed by atoms with Gasteiger partial charge in [0.25, 0.3) is 10.2 Å². The van der Waals surface area contributed by atoms with Crippen molar-refractivity contribution >= 4 is 33.5 Å². The van der Waals surface area contributed by atoms with Crippen molar-refractivity contribution in [3.8, 4) is 0 Å². The molecule has 1 heterocycles. The van der Waals surface area contributed by atoms with Crippen molar-refractivity contribution in [2.45, 2.75) is 18.9 Å². The van der Waals surface area contributed by atoms with E-state index in [9.17, 15) is 13.2 Å². The third kappa shape index (κ3) is 5.55. The highest BCUT2D eigenvalue weighted by Crippen LogP contribution is 2.20. The van der Waals surface area contributed by atoms with E-state index in [1.54, 1.807) is 24.3 Å². The third-order valence-corrected chi connectivity index (χ3v) is 6.42. The van der Waals surface area contributed by atoms with E-state index in [0.29, 0.717) is 36.8 Å². The first-order chi connectivity index (χ1) is 12.3. The van der Waals surface area contributed by atoms with Crippen LogP contribution in [0, 0.1) is 0 Å². The van der Waals surface area contributed by atoms with Crippen LogP contribution in [0.4, 0.5) is 10.5 Å². The van der Waals surface area contributed by atoms with E-state index in [-0.39, 0.29) is 19.1 Å². The van der Waals surface area contributed by atoms with Crippen LogP contribution in [0.25, 0.3) is 0 Å². The topological polar surface area (TPSA) is 91.0 Å². The maximum absolute atomic E-state index is 12.6. The van der Waals surface area contributed by atoms with Gasteiger partial charge in [-0.1, -0.05) is 23.7 Å². The van der Waals surface area contributed by atoms with Crippen molar-refractivity contribution in [3.05, 3.63) is 29.3 Å². The molecule has 10 heteroatoms. The average Bonchev–Trinajstić information content (AvgIpc) is 2.61. The number of nitrogens with zero attached hydrogens (tertiary/aromatic N) is 2. The number of para-hydroxylation sites is 1. The fraction of sp³-hybridized carbons (Fsp3) is 0.562. The van der Waals surface area contributed by atoms with Gasteiger partial charge in [-0.15, -0.1) is 0 Å². The van der Waals surface area contributed by atoms with E-state index in [1.165, 1.54) is 22.7 Å². The normalized spacial score (nSPS) is 16.0. The molecule has 2 rings (SSSR count). The van der Waals surface area contributed by atoms with Crippen molar-refractivity contribution in [2.24, 2.45) is 0 Å². The van der Waals surface area contributed by atoms with Crippen molar-refractivity contribution in [1.82, 2.24) is 13.9 Å². The summed E-state index contributed by atoms with van der Waals surface area (Å²) in [6.45, 7) is 1.43. The van der Waals surface area contributed by atoms with Gasteiger partial charge in [-0.25, -0.2) is 4.79 Å². The van der Waals surface area contributed by atoms with Crippen LogP contribution in [0.15, 0.2) is 24.3 Å². The molecule has 1 aliphatic rings. The number of halogens is 1. The number of amides is 2. The number of rotatable bonds is 7. The van der Waals surface area contributed by atoms with Gasteiger partial charge in [-0.05, 0) is 25.0 Å². The number of benzene rings is 1. The third-order valence-electron chi connectivity index (χ3n) is 4.10. The number of hydrogen-bond donors (Lipinski definition) is 2. The Balaban J connectivity index is 1.94. The Morgan fingerprint density at radius 3 is 2.54 bits per heavy atom. The van der Waals surface area contributed by atoms with E-state index in [4.69, 9.17) is 16.3 Å². The van der Waals surface area contributed by atoms with Crippen LogP contribution in [0.3, 0.4) is 0 Å². The van der Waals surface area contributed by atoms with Crippen LogP contribution in [0.2, 0.25) is 5.02 Å². The van der Waals surface area contributed by atoms with Crippen LogP contribution in [-0.4, -0.2) is 69.5 Å². The molecule has 1 aromatic rings. The lowest BCUT2D eigenvalue weighted by atomic mass is 10.1. The zero-order valence-corrected chi connectivity index (χ0v) is 16.5. The summed E-state index contributed by atoms with van der Waals surface area (Å²) in [4.78, 5) is 12.0. The molecule has 2 amide bonds. The summed E-state index contributed by atoms with van der Waals surface area (Å²) >= 11 is 6.00. The maximum Gasteiger partial charge on any atom is 0.319 e. The quantitative estimate of drug-likeness (QED) is 0.724. The lowest BCUT2D eigenvalue weighted by molar-refractivity contribution is 0.0575. The predicted molar refractivity (Wildman–Crippen MR) is 102 cm³/mol. The van der Waals surface area contributed by atoms with Crippen LogP contribution in [0.5, 0.6) is 0 Å². The lowest BCUT2D eigenvalue weighted by Gasteiger charge is -2.34. The van der Waals surface area contributed by atoms with Gasteiger partial charge in [-0.2, -0.15) is 17.0 Å². The smallest absolute Gasteiger partial charge is 0.319 e. The molecule has 146 valence electrons. The van der Waals surface area contributed by atoms with Gasteiger partial charge in [0.15, 0.2) is 0 Å². The largest absolute Gasteiger partial charge is 0.381 e. The number of carbonyl (C=O) groups is 1. The van der Waals surface area contributed by atoms with E-state index >= 15 is 0 Å². The molecule has 1 saturated heterocycles. The second-order valence-electron chi connectivity index (χ2n) is 6.11. The molecular weight excluding hydrogens is 380 g/mol.